The molecule has 3 heterocycles. The molecule has 2 aromatic heterocycles. The lowest BCUT2D eigenvalue weighted by molar-refractivity contribution is 0.133. The molecule has 7 heteroatoms. The summed E-state index contributed by atoms with van der Waals surface area (Å²) in [6.45, 7) is 5.98. The van der Waals surface area contributed by atoms with Crippen LogP contribution in [0.1, 0.15) is 29.0 Å². The Balaban J connectivity index is 1.55. The van der Waals surface area contributed by atoms with Gasteiger partial charge in [-0.15, -0.1) is 0 Å². The van der Waals surface area contributed by atoms with Crippen molar-refractivity contribution in [2.75, 3.05) is 13.1 Å². The van der Waals surface area contributed by atoms with Gasteiger partial charge in [0.15, 0.2) is 6.17 Å². The lowest BCUT2D eigenvalue weighted by Gasteiger charge is -2.27. The molecule has 3 aromatic rings. The van der Waals surface area contributed by atoms with Crippen molar-refractivity contribution in [3.8, 4) is 11.4 Å². The second-order valence-corrected chi connectivity index (χ2v) is 6.56. The van der Waals surface area contributed by atoms with Crippen LogP contribution in [0.3, 0.4) is 0 Å². The number of hydrogen-bond acceptors (Lipinski definition) is 5. The van der Waals surface area contributed by atoms with Gasteiger partial charge >= 0.3 is 0 Å². The maximum absolute atomic E-state index is 14.3. The number of hydrogen-bond donors (Lipinski definition) is 1. The number of alkyl halides is 1. The molecule has 0 spiro atoms. The van der Waals surface area contributed by atoms with Gasteiger partial charge in [-0.3, -0.25) is 4.68 Å². The van der Waals surface area contributed by atoms with E-state index in [0.29, 0.717) is 25.5 Å². The standard InChI is InChI=1S/C18H20FN5O/c1-11-6-12(2)24(22-11)10-13-4-3-5-14(7-13)17-21-18(25-23-17)16(19)15-8-20-9-15/h3-7,15-16,20H,8-10H2,1-2H3. The Morgan fingerprint density at radius 1 is 1.32 bits per heavy atom. The van der Waals surface area contributed by atoms with Crippen molar-refractivity contribution >= 4 is 0 Å². The lowest BCUT2D eigenvalue weighted by Crippen LogP contribution is -2.44. The van der Waals surface area contributed by atoms with E-state index in [1.807, 2.05) is 48.9 Å². The van der Waals surface area contributed by atoms with Gasteiger partial charge in [0, 0.05) is 30.3 Å². The Hall–Kier alpha value is -2.54. The van der Waals surface area contributed by atoms with E-state index in [9.17, 15) is 4.39 Å². The average Bonchev–Trinajstić information content (AvgIpc) is 3.13. The first-order chi connectivity index (χ1) is 12.1. The maximum Gasteiger partial charge on any atom is 0.261 e. The SMILES string of the molecule is Cc1cc(C)n(Cc2cccc(-c3noc(C(F)C4CNC4)n3)c2)n1. The zero-order chi connectivity index (χ0) is 17.4. The zero-order valence-electron chi connectivity index (χ0n) is 14.2. The highest BCUT2D eigenvalue weighted by Crippen LogP contribution is 2.29. The quantitative estimate of drug-likeness (QED) is 0.773. The third-order valence-electron chi connectivity index (χ3n) is 4.53. The first kappa shape index (κ1) is 16.0. The number of halogens is 1. The molecule has 130 valence electrons. The fourth-order valence-corrected chi connectivity index (χ4v) is 3.00. The third-order valence-corrected chi connectivity index (χ3v) is 4.53. The monoisotopic (exact) mass is 341 g/mol. The van der Waals surface area contributed by atoms with E-state index >= 15 is 0 Å². The van der Waals surface area contributed by atoms with Gasteiger partial charge in [-0.2, -0.15) is 10.1 Å². The Kier molecular flexibility index (Phi) is 4.09. The molecule has 1 fully saturated rings. The highest BCUT2D eigenvalue weighted by Gasteiger charge is 2.32. The fraction of sp³-hybridized carbons (Fsp3) is 0.389. The second kappa shape index (κ2) is 6.40. The van der Waals surface area contributed by atoms with Gasteiger partial charge in [-0.05, 0) is 31.5 Å². The molecule has 1 aliphatic heterocycles. The van der Waals surface area contributed by atoms with Crippen molar-refractivity contribution in [1.82, 2.24) is 25.2 Å². The van der Waals surface area contributed by atoms with E-state index in [4.69, 9.17) is 4.52 Å². The van der Waals surface area contributed by atoms with Crippen molar-refractivity contribution < 1.29 is 8.91 Å². The van der Waals surface area contributed by atoms with Crippen LogP contribution in [0.5, 0.6) is 0 Å². The number of aryl methyl sites for hydroxylation is 2. The van der Waals surface area contributed by atoms with Gasteiger partial charge in [0.05, 0.1) is 12.2 Å². The molecule has 4 rings (SSSR count). The van der Waals surface area contributed by atoms with Crippen molar-refractivity contribution in [1.29, 1.82) is 0 Å². The average molecular weight is 341 g/mol. The van der Waals surface area contributed by atoms with Crippen LogP contribution < -0.4 is 5.32 Å². The molecule has 0 amide bonds. The molecule has 0 saturated carbocycles. The van der Waals surface area contributed by atoms with Gasteiger partial charge in [-0.25, -0.2) is 4.39 Å². The minimum absolute atomic E-state index is 0.0606. The molecule has 1 atom stereocenters. The second-order valence-electron chi connectivity index (χ2n) is 6.56. The van der Waals surface area contributed by atoms with Crippen molar-refractivity contribution in [3.05, 3.63) is 53.2 Å². The molecule has 1 unspecified atom stereocenters. The molecule has 1 N–H and O–H groups in total. The van der Waals surface area contributed by atoms with Crippen LogP contribution in [-0.2, 0) is 6.54 Å². The van der Waals surface area contributed by atoms with Crippen molar-refractivity contribution in [2.24, 2.45) is 5.92 Å². The molecule has 1 aliphatic rings. The molecule has 1 saturated heterocycles. The van der Waals surface area contributed by atoms with E-state index < -0.39 is 6.17 Å². The molecule has 25 heavy (non-hydrogen) atoms. The van der Waals surface area contributed by atoms with Crippen LogP contribution >= 0.6 is 0 Å². The highest BCUT2D eigenvalue weighted by atomic mass is 19.1. The summed E-state index contributed by atoms with van der Waals surface area (Å²) in [5.74, 6) is 0.399. The van der Waals surface area contributed by atoms with E-state index in [0.717, 1.165) is 22.5 Å². The smallest absolute Gasteiger partial charge is 0.261 e. The summed E-state index contributed by atoms with van der Waals surface area (Å²) in [7, 11) is 0. The summed E-state index contributed by atoms with van der Waals surface area (Å²) < 4.78 is 21.4. The van der Waals surface area contributed by atoms with Gasteiger partial charge in [-0.1, -0.05) is 23.4 Å². The first-order valence-electron chi connectivity index (χ1n) is 8.39. The zero-order valence-corrected chi connectivity index (χ0v) is 14.2. The van der Waals surface area contributed by atoms with Crippen LogP contribution in [0.25, 0.3) is 11.4 Å². The molecule has 0 radical (unpaired) electrons. The number of rotatable bonds is 5. The normalized spacial score (nSPS) is 16.0. The molecular formula is C18H20FN5O. The van der Waals surface area contributed by atoms with Gasteiger partial charge in [0.25, 0.3) is 5.89 Å². The van der Waals surface area contributed by atoms with Gasteiger partial charge < -0.3 is 9.84 Å². The molecule has 6 nitrogen and oxygen atoms in total. The van der Waals surface area contributed by atoms with Crippen molar-refractivity contribution in [3.63, 3.8) is 0 Å². The molecule has 1 aromatic carbocycles. The lowest BCUT2D eigenvalue weighted by atomic mass is 9.97. The van der Waals surface area contributed by atoms with E-state index in [1.54, 1.807) is 0 Å². The predicted molar refractivity (Wildman–Crippen MR) is 90.7 cm³/mol. The van der Waals surface area contributed by atoms with Crippen LogP contribution in [0.2, 0.25) is 0 Å². The fourth-order valence-electron chi connectivity index (χ4n) is 3.00. The summed E-state index contributed by atoms with van der Waals surface area (Å²) in [6, 6.07) is 9.90. The minimum Gasteiger partial charge on any atom is -0.336 e. The maximum atomic E-state index is 14.3. The summed E-state index contributed by atoms with van der Waals surface area (Å²) in [5, 5.41) is 11.5. The summed E-state index contributed by atoms with van der Waals surface area (Å²) in [4.78, 5) is 4.25. The van der Waals surface area contributed by atoms with E-state index in [-0.39, 0.29) is 11.8 Å². The van der Waals surface area contributed by atoms with Gasteiger partial charge in [0.2, 0.25) is 5.82 Å². The number of nitrogens with zero attached hydrogens (tertiary/aromatic N) is 4. The Bertz CT molecular complexity index is 883. The Morgan fingerprint density at radius 3 is 2.84 bits per heavy atom. The summed E-state index contributed by atoms with van der Waals surface area (Å²) in [5.41, 5.74) is 4.00. The predicted octanol–water partition coefficient (Wildman–Crippen LogP) is 2.83. The number of aromatic nitrogens is 4. The number of benzene rings is 1. The van der Waals surface area contributed by atoms with E-state index in [2.05, 4.69) is 20.6 Å². The molecular weight excluding hydrogens is 321 g/mol. The van der Waals surface area contributed by atoms with E-state index in [1.165, 1.54) is 0 Å². The minimum atomic E-state index is -1.21. The Morgan fingerprint density at radius 2 is 2.16 bits per heavy atom. The van der Waals surface area contributed by atoms with Crippen molar-refractivity contribution in [2.45, 2.75) is 26.6 Å². The van der Waals surface area contributed by atoms with Crippen LogP contribution in [0, 0.1) is 19.8 Å². The van der Waals surface area contributed by atoms with Gasteiger partial charge in [0.1, 0.15) is 0 Å². The Labute approximate surface area is 145 Å². The third kappa shape index (κ3) is 3.19. The van der Waals surface area contributed by atoms with Crippen LogP contribution in [0.15, 0.2) is 34.9 Å². The summed E-state index contributed by atoms with van der Waals surface area (Å²) in [6.07, 6.45) is -1.21. The number of nitrogens with one attached hydrogen (secondary N) is 1. The van der Waals surface area contributed by atoms with Crippen LogP contribution in [0.4, 0.5) is 4.39 Å². The molecule has 0 bridgehead atoms. The molecule has 0 aliphatic carbocycles. The first-order valence-corrected chi connectivity index (χ1v) is 8.39. The topological polar surface area (TPSA) is 68.8 Å². The van der Waals surface area contributed by atoms with Crippen LogP contribution in [-0.4, -0.2) is 33.0 Å². The summed E-state index contributed by atoms with van der Waals surface area (Å²) >= 11 is 0. The highest BCUT2D eigenvalue weighted by molar-refractivity contribution is 5.55. The largest absolute Gasteiger partial charge is 0.336 e.